The van der Waals surface area contributed by atoms with Gasteiger partial charge < -0.3 is 20.3 Å². The highest BCUT2D eigenvalue weighted by molar-refractivity contribution is 14.1. The molecule has 0 atom stereocenters. The van der Waals surface area contributed by atoms with Crippen molar-refractivity contribution in [3.8, 4) is 11.1 Å². The van der Waals surface area contributed by atoms with Crippen LogP contribution in [-0.2, 0) is 11.3 Å². The largest absolute Gasteiger partial charge is 0.449 e. The van der Waals surface area contributed by atoms with Crippen LogP contribution < -0.4 is 15.5 Å². The van der Waals surface area contributed by atoms with E-state index >= 15 is 0 Å². The number of hydrogen-bond acceptors (Lipinski definition) is 4. The molecular formula is C28H30IN3O2. The van der Waals surface area contributed by atoms with E-state index in [0.717, 1.165) is 31.7 Å². The fraction of sp³-hybridized carbons (Fsp3) is 0.321. The second kappa shape index (κ2) is 9.96. The standard InChI is InChI=1S/C28H30IN3O2/c1-18-20(15-26(29)19(2)27(18)32-13-11-30-12-14-32)16-31-28(33)34-17-25-23-9-5-3-7-21(23)22-8-4-6-10-24(22)25/h3-10,15,25,30H,11-14,16-17H2,1-2H3,(H,31,33). The van der Waals surface area contributed by atoms with Gasteiger partial charge in [0.1, 0.15) is 6.61 Å². The smallest absolute Gasteiger partial charge is 0.407 e. The molecule has 1 amide bonds. The van der Waals surface area contributed by atoms with Gasteiger partial charge in [0.25, 0.3) is 0 Å². The van der Waals surface area contributed by atoms with Crippen molar-refractivity contribution in [1.82, 2.24) is 10.6 Å². The summed E-state index contributed by atoms with van der Waals surface area (Å²) in [5.41, 5.74) is 9.90. The van der Waals surface area contributed by atoms with E-state index in [0.29, 0.717) is 13.2 Å². The number of rotatable bonds is 5. The Morgan fingerprint density at radius 2 is 1.65 bits per heavy atom. The van der Waals surface area contributed by atoms with Gasteiger partial charge in [-0.15, -0.1) is 0 Å². The van der Waals surface area contributed by atoms with Crippen LogP contribution in [0.3, 0.4) is 0 Å². The first-order valence-electron chi connectivity index (χ1n) is 11.9. The van der Waals surface area contributed by atoms with E-state index in [4.69, 9.17) is 4.74 Å². The van der Waals surface area contributed by atoms with E-state index in [1.165, 1.54) is 42.6 Å². The summed E-state index contributed by atoms with van der Waals surface area (Å²) >= 11 is 2.40. The lowest BCUT2D eigenvalue weighted by Crippen LogP contribution is -2.44. The first-order chi connectivity index (χ1) is 16.5. The van der Waals surface area contributed by atoms with Gasteiger partial charge in [0, 0.05) is 47.9 Å². The number of halogens is 1. The zero-order valence-electron chi connectivity index (χ0n) is 19.7. The van der Waals surface area contributed by atoms with Crippen LogP contribution >= 0.6 is 22.6 Å². The summed E-state index contributed by atoms with van der Waals surface area (Å²) in [4.78, 5) is 15.2. The average molecular weight is 567 g/mol. The molecule has 0 saturated carbocycles. The predicted molar refractivity (Wildman–Crippen MR) is 146 cm³/mol. The van der Waals surface area contributed by atoms with Crippen LogP contribution in [0.5, 0.6) is 0 Å². The van der Waals surface area contributed by atoms with E-state index in [1.807, 2.05) is 0 Å². The van der Waals surface area contributed by atoms with Crippen LogP contribution in [0, 0.1) is 17.4 Å². The van der Waals surface area contributed by atoms with Crippen LogP contribution in [0.2, 0.25) is 0 Å². The number of fused-ring (bicyclic) bond motifs is 3. The second-order valence-electron chi connectivity index (χ2n) is 9.03. The fourth-order valence-corrected chi connectivity index (χ4v) is 5.91. The number of nitrogens with one attached hydrogen (secondary N) is 2. The number of carbonyl (C=O) groups excluding carboxylic acids is 1. The first kappa shape index (κ1) is 23.2. The van der Waals surface area contributed by atoms with E-state index in [9.17, 15) is 4.79 Å². The Balaban J connectivity index is 1.27. The van der Waals surface area contributed by atoms with Crippen molar-refractivity contribution in [2.24, 2.45) is 0 Å². The zero-order valence-corrected chi connectivity index (χ0v) is 21.8. The maximum Gasteiger partial charge on any atom is 0.407 e. The molecule has 0 radical (unpaired) electrons. The van der Waals surface area contributed by atoms with Gasteiger partial charge in [0.15, 0.2) is 0 Å². The Hall–Kier alpha value is -2.58. The minimum atomic E-state index is -0.374. The number of ether oxygens (including phenoxy) is 1. The van der Waals surface area contributed by atoms with Gasteiger partial charge in [-0.3, -0.25) is 0 Å². The van der Waals surface area contributed by atoms with E-state index in [2.05, 4.69) is 107 Å². The number of hydrogen-bond donors (Lipinski definition) is 2. The molecule has 176 valence electrons. The van der Waals surface area contributed by atoms with E-state index < -0.39 is 0 Å². The lowest BCUT2D eigenvalue weighted by molar-refractivity contribution is 0.142. The van der Waals surface area contributed by atoms with Crippen molar-refractivity contribution in [2.75, 3.05) is 37.7 Å². The number of anilines is 1. The third-order valence-corrected chi connectivity index (χ3v) is 8.17. The molecule has 0 spiro atoms. The summed E-state index contributed by atoms with van der Waals surface area (Å²) in [5, 5.41) is 6.42. The summed E-state index contributed by atoms with van der Waals surface area (Å²) in [7, 11) is 0. The summed E-state index contributed by atoms with van der Waals surface area (Å²) in [6.07, 6.45) is -0.374. The molecule has 3 aromatic carbocycles. The lowest BCUT2D eigenvalue weighted by Gasteiger charge is -2.33. The van der Waals surface area contributed by atoms with E-state index in [-0.39, 0.29) is 12.0 Å². The molecule has 0 aromatic heterocycles. The maximum atomic E-state index is 12.7. The van der Waals surface area contributed by atoms with Crippen molar-refractivity contribution in [3.05, 3.63) is 86.0 Å². The van der Waals surface area contributed by atoms with Crippen LogP contribution in [0.4, 0.5) is 10.5 Å². The fourth-order valence-electron chi connectivity index (χ4n) is 5.28. The van der Waals surface area contributed by atoms with Gasteiger partial charge in [0.2, 0.25) is 0 Å². The molecule has 0 unspecified atom stereocenters. The third-order valence-electron chi connectivity index (χ3n) is 7.05. The first-order valence-corrected chi connectivity index (χ1v) is 13.0. The lowest BCUT2D eigenvalue weighted by atomic mass is 9.98. The minimum absolute atomic E-state index is 0.0690. The molecule has 1 fully saturated rings. The summed E-state index contributed by atoms with van der Waals surface area (Å²) in [5.74, 6) is 0.0690. The highest BCUT2D eigenvalue weighted by Crippen LogP contribution is 2.44. The quantitative estimate of drug-likeness (QED) is 0.408. The Morgan fingerprint density at radius 1 is 1.03 bits per heavy atom. The summed E-state index contributed by atoms with van der Waals surface area (Å²) in [6.45, 7) is 9.13. The molecule has 1 aliphatic carbocycles. The molecule has 1 saturated heterocycles. The molecule has 0 bridgehead atoms. The molecule has 2 N–H and O–H groups in total. The van der Waals surface area contributed by atoms with Gasteiger partial charge in [0.05, 0.1) is 0 Å². The maximum absolute atomic E-state index is 12.7. The van der Waals surface area contributed by atoms with Gasteiger partial charge in [-0.25, -0.2) is 4.79 Å². The van der Waals surface area contributed by atoms with Crippen molar-refractivity contribution >= 4 is 34.4 Å². The number of piperazine rings is 1. The number of alkyl carbamates (subject to hydrolysis) is 1. The topological polar surface area (TPSA) is 53.6 Å². The molecule has 6 heteroatoms. The van der Waals surface area contributed by atoms with Gasteiger partial charge in [-0.2, -0.15) is 0 Å². The Kier molecular flexibility index (Phi) is 6.79. The van der Waals surface area contributed by atoms with E-state index in [1.54, 1.807) is 0 Å². The predicted octanol–water partition coefficient (Wildman–Crippen LogP) is 5.36. The van der Waals surface area contributed by atoms with Gasteiger partial charge >= 0.3 is 6.09 Å². The zero-order chi connectivity index (χ0) is 23.7. The summed E-state index contributed by atoms with van der Waals surface area (Å²) in [6, 6.07) is 19.0. The monoisotopic (exact) mass is 567 g/mol. The molecule has 5 nitrogen and oxygen atoms in total. The molecular weight excluding hydrogens is 537 g/mol. The normalized spacial score (nSPS) is 15.1. The van der Waals surface area contributed by atoms with Gasteiger partial charge in [-0.05, 0) is 81.4 Å². The molecule has 2 aliphatic rings. The molecule has 3 aromatic rings. The van der Waals surface area contributed by atoms with Crippen molar-refractivity contribution in [2.45, 2.75) is 26.3 Å². The third kappa shape index (κ3) is 4.41. The molecule has 5 rings (SSSR count). The van der Waals surface area contributed by atoms with Crippen molar-refractivity contribution in [3.63, 3.8) is 0 Å². The minimum Gasteiger partial charge on any atom is -0.449 e. The highest BCUT2D eigenvalue weighted by atomic mass is 127. The molecule has 1 aliphatic heterocycles. The average Bonchev–Trinajstić information content (AvgIpc) is 3.18. The highest BCUT2D eigenvalue weighted by Gasteiger charge is 2.29. The number of benzene rings is 3. The van der Waals surface area contributed by atoms with Crippen molar-refractivity contribution in [1.29, 1.82) is 0 Å². The SMILES string of the molecule is Cc1c(I)cc(CNC(=O)OCC2c3ccccc3-c3ccccc32)c(C)c1N1CCNCC1. The van der Waals surface area contributed by atoms with Crippen molar-refractivity contribution < 1.29 is 9.53 Å². The number of amides is 1. The number of nitrogens with zero attached hydrogens (tertiary/aromatic N) is 1. The Labute approximate surface area is 215 Å². The molecule has 1 heterocycles. The molecule has 34 heavy (non-hydrogen) atoms. The van der Waals surface area contributed by atoms with Gasteiger partial charge in [-0.1, -0.05) is 48.5 Å². The van der Waals surface area contributed by atoms with Crippen LogP contribution in [0.15, 0.2) is 54.6 Å². The van der Waals surface area contributed by atoms with Crippen LogP contribution in [0.25, 0.3) is 11.1 Å². The number of carbonyl (C=O) groups is 1. The second-order valence-corrected chi connectivity index (χ2v) is 10.2. The van der Waals surface area contributed by atoms with Crippen LogP contribution in [-0.4, -0.2) is 38.9 Å². The van der Waals surface area contributed by atoms with Crippen LogP contribution in [0.1, 0.15) is 33.7 Å². The Morgan fingerprint density at radius 3 is 2.29 bits per heavy atom. The Bertz CT molecular complexity index is 1170. The summed E-state index contributed by atoms with van der Waals surface area (Å²) < 4.78 is 6.95.